The SMILES string of the molecule is COc1cc(C)c(Cl)cc1S(=O)(=O)NC(C)(C)C. The zero-order chi connectivity index (χ0) is 14.1. The lowest BCUT2D eigenvalue weighted by atomic mass is 10.1. The summed E-state index contributed by atoms with van der Waals surface area (Å²) >= 11 is 5.97. The van der Waals surface area contributed by atoms with Crippen molar-refractivity contribution in [1.82, 2.24) is 4.72 Å². The summed E-state index contributed by atoms with van der Waals surface area (Å²) in [6.45, 7) is 7.10. The van der Waals surface area contributed by atoms with E-state index in [-0.39, 0.29) is 10.6 Å². The normalized spacial score (nSPS) is 12.6. The molecule has 102 valence electrons. The molecule has 6 heteroatoms. The van der Waals surface area contributed by atoms with Gasteiger partial charge in [-0.1, -0.05) is 11.6 Å². The maximum absolute atomic E-state index is 12.2. The van der Waals surface area contributed by atoms with Crippen molar-refractivity contribution < 1.29 is 13.2 Å². The van der Waals surface area contributed by atoms with Crippen molar-refractivity contribution in [2.24, 2.45) is 0 Å². The fourth-order valence-corrected chi connectivity index (χ4v) is 3.29. The lowest BCUT2D eigenvalue weighted by Crippen LogP contribution is -2.40. The smallest absolute Gasteiger partial charge is 0.244 e. The standard InChI is InChI=1S/C12H18ClNO3S/c1-8-6-10(17-5)11(7-9(8)13)18(15,16)14-12(2,3)4/h6-7,14H,1-5H3. The molecule has 0 aliphatic rings. The van der Waals surface area contributed by atoms with Crippen molar-refractivity contribution in [2.45, 2.75) is 38.1 Å². The molecule has 0 heterocycles. The van der Waals surface area contributed by atoms with Crippen molar-refractivity contribution in [2.75, 3.05) is 7.11 Å². The van der Waals surface area contributed by atoms with Crippen LogP contribution in [0.5, 0.6) is 5.75 Å². The lowest BCUT2D eigenvalue weighted by molar-refractivity contribution is 0.400. The molecule has 0 spiro atoms. The molecule has 1 rings (SSSR count). The number of hydrogen-bond donors (Lipinski definition) is 1. The molecule has 0 fully saturated rings. The van der Waals surface area contributed by atoms with E-state index in [1.54, 1.807) is 33.8 Å². The Balaban J connectivity index is 3.36. The average Bonchev–Trinajstić information content (AvgIpc) is 2.17. The van der Waals surface area contributed by atoms with Crippen molar-refractivity contribution in [3.8, 4) is 5.75 Å². The number of methoxy groups -OCH3 is 1. The first-order valence-electron chi connectivity index (χ1n) is 5.45. The van der Waals surface area contributed by atoms with Crippen LogP contribution in [0.2, 0.25) is 5.02 Å². The van der Waals surface area contributed by atoms with Crippen LogP contribution in [0.15, 0.2) is 17.0 Å². The van der Waals surface area contributed by atoms with Crippen molar-refractivity contribution >= 4 is 21.6 Å². The summed E-state index contributed by atoms with van der Waals surface area (Å²) in [6.07, 6.45) is 0. The van der Waals surface area contributed by atoms with Gasteiger partial charge in [-0.15, -0.1) is 0 Å². The topological polar surface area (TPSA) is 55.4 Å². The molecule has 0 amide bonds. The zero-order valence-corrected chi connectivity index (χ0v) is 12.7. The molecule has 0 aliphatic heterocycles. The van der Waals surface area contributed by atoms with E-state index in [4.69, 9.17) is 16.3 Å². The molecular formula is C12H18ClNO3S. The van der Waals surface area contributed by atoms with Gasteiger partial charge in [-0.05, 0) is 45.4 Å². The summed E-state index contributed by atoms with van der Waals surface area (Å²) < 4.78 is 32.2. The molecule has 0 radical (unpaired) electrons. The van der Waals surface area contributed by atoms with Gasteiger partial charge in [0.15, 0.2) is 0 Å². The van der Waals surface area contributed by atoms with E-state index in [2.05, 4.69) is 4.72 Å². The molecule has 0 aliphatic carbocycles. The summed E-state index contributed by atoms with van der Waals surface area (Å²) in [6, 6.07) is 3.02. The molecule has 1 N–H and O–H groups in total. The number of ether oxygens (including phenoxy) is 1. The highest BCUT2D eigenvalue weighted by atomic mass is 35.5. The zero-order valence-electron chi connectivity index (χ0n) is 11.2. The number of aryl methyl sites for hydroxylation is 1. The van der Waals surface area contributed by atoms with Gasteiger partial charge in [-0.3, -0.25) is 0 Å². The minimum absolute atomic E-state index is 0.0514. The second kappa shape index (κ2) is 5.07. The molecule has 0 unspecified atom stereocenters. The molecule has 0 bridgehead atoms. The van der Waals surface area contributed by atoms with Gasteiger partial charge < -0.3 is 4.74 Å². The van der Waals surface area contributed by atoms with E-state index in [1.165, 1.54) is 13.2 Å². The third-order valence-electron chi connectivity index (χ3n) is 2.17. The van der Waals surface area contributed by atoms with E-state index in [0.29, 0.717) is 5.02 Å². The molecule has 0 saturated heterocycles. The first kappa shape index (κ1) is 15.3. The Labute approximate surface area is 113 Å². The van der Waals surface area contributed by atoms with E-state index in [1.807, 2.05) is 0 Å². The predicted molar refractivity (Wildman–Crippen MR) is 72.8 cm³/mol. The molecule has 1 aromatic rings. The second-order valence-corrected chi connectivity index (χ2v) is 7.17. The summed E-state index contributed by atoms with van der Waals surface area (Å²) in [5.41, 5.74) is 0.199. The molecule has 0 aromatic heterocycles. The van der Waals surface area contributed by atoms with Gasteiger partial charge in [0.1, 0.15) is 10.6 Å². The molecule has 4 nitrogen and oxygen atoms in total. The van der Waals surface area contributed by atoms with Gasteiger partial charge in [0.05, 0.1) is 7.11 Å². The van der Waals surface area contributed by atoms with E-state index in [9.17, 15) is 8.42 Å². The van der Waals surface area contributed by atoms with Crippen molar-refractivity contribution in [3.63, 3.8) is 0 Å². The van der Waals surface area contributed by atoms with Crippen molar-refractivity contribution in [1.29, 1.82) is 0 Å². The van der Waals surface area contributed by atoms with Crippen LogP contribution < -0.4 is 9.46 Å². The average molecular weight is 292 g/mol. The van der Waals surface area contributed by atoms with Crippen LogP contribution in [0, 0.1) is 6.92 Å². The number of nitrogens with one attached hydrogen (secondary N) is 1. The Morgan fingerprint density at radius 1 is 1.28 bits per heavy atom. The summed E-state index contributed by atoms with van der Waals surface area (Å²) in [5, 5.41) is 0.394. The van der Waals surface area contributed by atoms with E-state index in [0.717, 1.165) is 5.56 Å². The molecule has 1 aromatic carbocycles. The summed E-state index contributed by atoms with van der Waals surface area (Å²) in [5.74, 6) is 0.286. The highest BCUT2D eigenvalue weighted by Crippen LogP contribution is 2.30. The number of rotatable bonds is 3. The lowest BCUT2D eigenvalue weighted by Gasteiger charge is -2.21. The van der Waals surface area contributed by atoms with Gasteiger partial charge in [-0.2, -0.15) is 0 Å². The fraction of sp³-hybridized carbons (Fsp3) is 0.500. The summed E-state index contributed by atoms with van der Waals surface area (Å²) in [4.78, 5) is 0.0514. The molecular weight excluding hydrogens is 274 g/mol. The Morgan fingerprint density at radius 3 is 2.28 bits per heavy atom. The van der Waals surface area contributed by atoms with Gasteiger partial charge in [0.25, 0.3) is 0 Å². The molecule has 0 saturated carbocycles. The predicted octanol–water partition coefficient (Wildman–Crippen LogP) is 2.73. The van der Waals surface area contributed by atoms with Crippen LogP contribution in [-0.2, 0) is 10.0 Å². The highest BCUT2D eigenvalue weighted by Gasteiger charge is 2.26. The van der Waals surface area contributed by atoms with Gasteiger partial charge in [-0.25, -0.2) is 13.1 Å². The number of hydrogen-bond acceptors (Lipinski definition) is 3. The largest absolute Gasteiger partial charge is 0.495 e. The maximum Gasteiger partial charge on any atom is 0.244 e. The monoisotopic (exact) mass is 291 g/mol. The third-order valence-corrected chi connectivity index (χ3v) is 4.36. The Kier molecular flexibility index (Phi) is 4.30. The van der Waals surface area contributed by atoms with Crippen LogP contribution >= 0.6 is 11.6 Å². The van der Waals surface area contributed by atoms with Crippen LogP contribution in [0.3, 0.4) is 0 Å². The Hall–Kier alpha value is -0.780. The summed E-state index contributed by atoms with van der Waals surface area (Å²) in [7, 11) is -2.23. The van der Waals surface area contributed by atoms with Crippen LogP contribution in [0.1, 0.15) is 26.3 Å². The first-order chi connectivity index (χ1) is 8.07. The number of halogens is 1. The minimum Gasteiger partial charge on any atom is -0.495 e. The number of benzene rings is 1. The van der Waals surface area contributed by atoms with Crippen LogP contribution in [-0.4, -0.2) is 21.1 Å². The first-order valence-corrected chi connectivity index (χ1v) is 7.31. The van der Waals surface area contributed by atoms with Gasteiger partial charge in [0.2, 0.25) is 10.0 Å². The maximum atomic E-state index is 12.2. The van der Waals surface area contributed by atoms with E-state index >= 15 is 0 Å². The quantitative estimate of drug-likeness (QED) is 0.931. The van der Waals surface area contributed by atoms with Crippen LogP contribution in [0.25, 0.3) is 0 Å². The molecule has 0 atom stereocenters. The van der Waals surface area contributed by atoms with Gasteiger partial charge in [0, 0.05) is 10.6 Å². The number of sulfonamides is 1. The molecule has 18 heavy (non-hydrogen) atoms. The van der Waals surface area contributed by atoms with Gasteiger partial charge >= 0.3 is 0 Å². The third kappa shape index (κ3) is 3.60. The van der Waals surface area contributed by atoms with Crippen LogP contribution in [0.4, 0.5) is 0 Å². The second-order valence-electron chi connectivity index (χ2n) is 5.11. The Bertz CT molecular complexity index is 547. The fourth-order valence-electron chi connectivity index (χ4n) is 1.46. The van der Waals surface area contributed by atoms with Crippen molar-refractivity contribution in [3.05, 3.63) is 22.7 Å². The minimum atomic E-state index is -3.66. The highest BCUT2D eigenvalue weighted by molar-refractivity contribution is 7.89. The van der Waals surface area contributed by atoms with E-state index < -0.39 is 15.6 Å². The Morgan fingerprint density at radius 2 is 1.83 bits per heavy atom.